The zero-order valence-electron chi connectivity index (χ0n) is 10.4. The third kappa shape index (κ3) is 2.50. The Bertz CT molecular complexity index is 670. The first-order valence-corrected chi connectivity index (χ1v) is 6.19. The lowest BCUT2D eigenvalue weighted by molar-refractivity contribution is 0.474. The molecule has 1 radical (unpaired) electrons. The second-order valence-corrected chi connectivity index (χ2v) is 4.41. The summed E-state index contributed by atoms with van der Waals surface area (Å²) in [6.45, 7) is 0. The summed E-state index contributed by atoms with van der Waals surface area (Å²) in [6.07, 6.45) is 0. The second-order valence-electron chi connectivity index (χ2n) is 4.41. The molecule has 0 spiro atoms. The molecule has 0 fully saturated rings. The largest absolute Gasteiger partial charge is 0.507 e. The Balaban J connectivity index is 1.95. The highest BCUT2D eigenvalue weighted by Crippen LogP contribution is 2.26. The molecule has 3 rings (SSSR count). The van der Waals surface area contributed by atoms with Gasteiger partial charge in [0.1, 0.15) is 5.75 Å². The number of phenols is 1. The van der Waals surface area contributed by atoms with Crippen LogP contribution in [0.1, 0.15) is 0 Å². The van der Waals surface area contributed by atoms with E-state index in [0.717, 1.165) is 11.1 Å². The third-order valence-electron chi connectivity index (χ3n) is 3.11. The van der Waals surface area contributed by atoms with Gasteiger partial charge in [0.15, 0.2) is 0 Å². The summed E-state index contributed by atoms with van der Waals surface area (Å²) in [5.74, 6) is 0.171. The molecule has 3 aromatic carbocycles. The summed E-state index contributed by atoms with van der Waals surface area (Å²) in [4.78, 5) is 0. The van der Waals surface area contributed by atoms with Crippen LogP contribution >= 0.6 is 0 Å². The second kappa shape index (κ2) is 4.99. The van der Waals surface area contributed by atoms with E-state index in [0.29, 0.717) is 0 Å². The van der Waals surface area contributed by atoms with E-state index in [4.69, 9.17) is 0 Å². The van der Waals surface area contributed by atoms with Crippen LogP contribution in [0.4, 0.5) is 0 Å². The van der Waals surface area contributed by atoms with E-state index in [9.17, 15) is 5.11 Å². The van der Waals surface area contributed by atoms with Crippen LogP contribution in [0.5, 0.6) is 5.75 Å². The summed E-state index contributed by atoms with van der Waals surface area (Å²) < 4.78 is 0. The van der Waals surface area contributed by atoms with Gasteiger partial charge in [-0.1, -0.05) is 60.7 Å². The van der Waals surface area contributed by atoms with Gasteiger partial charge in [0.2, 0.25) is 0 Å². The number of hydrogen-bond acceptors (Lipinski definition) is 1. The van der Waals surface area contributed by atoms with Gasteiger partial charge in [-0.15, -0.1) is 0 Å². The lowest BCUT2D eigenvalue weighted by Crippen LogP contribution is -1.80. The zero-order chi connectivity index (χ0) is 13.1. The monoisotopic (exact) mass is 245 g/mol. The molecule has 0 aliphatic heterocycles. The molecule has 0 aliphatic rings. The number of aromatic hydroxyl groups is 1. The van der Waals surface area contributed by atoms with E-state index in [1.54, 1.807) is 12.1 Å². The van der Waals surface area contributed by atoms with Crippen molar-refractivity contribution < 1.29 is 5.11 Å². The number of phenolic OH excluding ortho intramolecular Hbond substituents is 1. The van der Waals surface area contributed by atoms with E-state index in [-0.39, 0.29) is 5.75 Å². The van der Waals surface area contributed by atoms with Crippen LogP contribution in [-0.4, -0.2) is 5.11 Å². The van der Waals surface area contributed by atoms with Crippen molar-refractivity contribution in [2.24, 2.45) is 0 Å². The van der Waals surface area contributed by atoms with Gasteiger partial charge >= 0.3 is 0 Å². The molecular weight excluding hydrogens is 232 g/mol. The molecule has 91 valence electrons. The van der Waals surface area contributed by atoms with E-state index in [1.807, 2.05) is 24.3 Å². The Morgan fingerprint density at radius 3 is 1.84 bits per heavy atom. The molecule has 0 atom stereocenters. The topological polar surface area (TPSA) is 20.2 Å². The lowest BCUT2D eigenvalue weighted by Gasteiger charge is -2.05. The molecule has 0 heterocycles. The Morgan fingerprint density at radius 2 is 1.21 bits per heavy atom. The van der Waals surface area contributed by atoms with Crippen molar-refractivity contribution in [1.29, 1.82) is 0 Å². The van der Waals surface area contributed by atoms with Gasteiger partial charge in [0.05, 0.1) is 0 Å². The van der Waals surface area contributed by atoms with Crippen LogP contribution < -0.4 is 0 Å². The Hall–Kier alpha value is -2.54. The molecule has 0 bridgehead atoms. The van der Waals surface area contributed by atoms with Gasteiger partial charge < -0.3 is 5.11 Å². The minimum atomic E-state index is 0.171. The van der Waals surface area contributed by atoms with Crippen molar-refractivity contribution in [3.8, 4) is 28.0 Å². The quantitative estimate of drug-likeness (QED) is 0.703. The van der Waals surface area contributed by atoms with Gasteiger partial charge in [-0.2, -0.15) is 0 Å². The smallest absolute Gasteiger partial charge is 0.124 e. The molecule has 0 aliphatic carbocycles. The van der Waals surface area contributed by atoms with Gasteiger partial charge in [-0.3, -0.25) is 0 Å². The van der Waals surface area contributed by atoms with Crippen molar-refractivity contribution in [2.75, 3.05) is 0 Å². The highest BCUT2D eigenvalue weighted by molar-refractivity contribution is 5.70. The van der Waals surface area contributed by atoms with Crippen LogP contribution in [0.3, 0.4) is 0 Å². The highest BCUT2D eigenvalue weighted by Gasteiger charge is 2.00. The zero-order valence-corrected chi connectivity index (χ0v) is 10.4. The van der Waals surface area contributed by atoms with E-state index in [1.165, 1.54) is 11.1 Å². The van der Waals surface area contributed by atoms with Crippen LogP contribution in [-0.2, 0) is 0 Å². The fourth-order valence-electron chi connectivity index (χ4n) is 2.12. The van der Waals surface area contributed by atoms with Gasteiger partial charge in [-0.05, 0) is 34.4 Å². The molecule has 1 heteroatoms. The number of rotatable bonds is 2. The fourth-order valence-corrected chi connectivity index (χ4v) is 2.12. The average molecular weight is 245 g/mol. The molecule has 0 saturated heterocycles. The molecule has 19 heavy (non-hydrogen) atoms. The van der Waals surface area contributed by atoms with Crippen molar-refractivity contribution in [3.63, 3.8) is 0 Å². The van der Waals surface area contributed by atoms with Gasteiger partial charge in [0, 0.05) is 6.07 Å². The SMILES string of the molecule is Oc1[c]ccc(-c2ccc(-c3ccccc3)cc2)c1. The Labute approximate surface area is 112 Å². The molecule has 0 unspecified atom stereocenters. The number of benzene rings is 3. The molecule has 1 N–H and O–H groups in total. The Morgan fingerprint density at radius 1 is 0.632 bits per heavy atom. The summed E-state index contributed by atoms with van der Waals surface area (Å²) >= 11 is 0. The van der Waals surface area contributed by atoms with Crippen LogP contribution in [0.15, 0.2) is 72.8 Å². The molecule has 1 nitrogen and oxygen atoms in total. The maximum absolute atomic E-state index is 9.45. The van der Waals surface area contributed by atoms with Crippen molar-refractivity contribution >= 4 is 0 Å². The summed E-state index contributed by atoms with van der Waals surface area (Å²) in [5.41, 5.74) is 4.48. The minimum absolute atomic E-state index is 0.171. The van der Waals surface area contributed by atoms with Crippen molar-refractivity contribution in [2.45, 2.75) is 0 Å². The van der Waals surface area contributed by atoms with Crippen LogP contribution in [0.2, 0.25) is 0 Å². The first-order valence-electron chi connectivity index (χ1n) is 6.19. The predicted octanol–water partition coefficient (Wildman–Crippen LogP) is 4.53. The summed E-state index contributed by atoms with van der Waals surface area (Å²) in [7, 11) is 0. The minimum Gasteiger partial charge on any atom is -0.507 e. The van der Waals surface area contributed by atoms with Gasteiger partial charge in [0.25, 0.3) is 0 Å². The predicted molar refractivity (Wildman–Crippen MR) is 77.8 cm³/mol. The van der Waals surface area contributed by atoms with Crippen molar-refractivity contribution in [1.82, 2.24) is 0 Å². The van der Waals surface area contributed by atoms with E-state index in [2.05, 4.69) is 42.5 Å². The summed E-state index contributed by atoms with van der Waals surface area (Å²) in [6, 6.07) is 26.7. The standard InChI is InChI=1S/C18H13O/c19-18-8-4-7-17(13-18)16-11-9-15(10-12-16)14-5-2-1-3-6-14/h1-7,9-13,19H. The molecular formula is C18H13O. The summed E-state index contributed by atoms with van der Waals surface area (Å²) in [5, 5.41) is 9.45. The third-order valence-corrected chi connectivity index (χ3v) is 3.11. The van der Waals surface area contributed by atoms with E-state index >= 15 is 0 Å². The normalized spacial score (nSPS) is 10.3. The number of hydrogen-bond donors (Lipinski definition) is 1. The first-order chi connectivity index (χ1) is 9.33. The fraction of sp³-hybridized carbons (Fsp3) is 0. The Kier molecular flexibility index (Phi) is 3.03. The average Bonchev–Trinajstić information content (AvgIpc) is 2.48. The lowest BCUT2D eigenvalue weighted by atomic mass is 10.0. The first kappa shape index (κ1) is 11.5. The van der Waals surface area contributed by atoms with Gasteiger partial charge in [-0.25, -0.2) is 0 Å². The van der Waals surface area contributed by atoms with E-state index < -0.39 is 0 Å². The molecule has 0 amide bonds. The molecule has 0 saturated carbocycles. The molecule has 3 aromatic rings. The maximum atomic E-state index is 9.45. The van der Waals surface area contributed by atoms with Crippen molar-refractivity contribution in [3.05, 3.63) is 78.9 Å². The van der Waals surface area contributed by atoms with Crippen LogP contribution in [0.25, 0.3) is 22.3 Å². The van der Waals surface area contributed by atoms with Crippen LogP contribution in [0, 0.1) is 6.07 Å². The maximum Gasteiger partial charge on any atom is 0.124 e. The molecule has 0 aromatic heterocycles. The highest BCUT2D eigenvalue weighted by atomic mass is 16.3.